The maximum atomic E-state index is 12.8. The topological polar surface area (TPSA) is 88.3 Å². The molecule has 1 aromatic heterocycles. The van der Waals surface area contributed by atoms with Crippen LogP contribution in [0.2, 0.25) is 0 Å². The molecule has 0 radical (unpaired) electrons. The molecule has 6 nitrogen and oxygen atoms in total. The Morgan fingerprint density at radius 2 is 1.93 bits per heavy atom. The van der Waals surface area contributed by atoms with E-state index in [1.54, 1.807) is 11.1 Å². The molecule has 1 unspecified atom stereocenters. The van der Waals surface area contributed by atoms with Crippen LogP contribution in [0.1, 0.15) is 36.4 Å². The molecule has 4 rings (SSSR count). The van der Waals surface area contributed by atoms with Gasteiger partial charge in [0.15, 0.2) is 0 Å². The number of carbonyl (C=O) groups is 2. The van der Waals surface area contributed by atoms with Crippen molar-refractivity contribution in [3.63, 3.8) is 0 Å². The Morgan fingerprint density at radius 1 is 1.18 bits per heavy atom. The van der Waals surface area contributed by atoms with Crippen molar-refractivity contribution in [1.29, 1.82) is 0 Å². The standard InChI is InChI=1S/C22H26N4O2/c23-15-22(10-11-22)21(28)26-13-9-19(26)20(27)25-14-17(16-6-2-1-3-7-16)18-8-4-5-12-24-18/h1-8,12,17,19H,9-11,13-15,23H2,(H,25,27)/t17?,19-/m0/s1. The molecule has 28 heavy (non-hydrogen) atoms. The third-order valence-electron chi connectivity index (χ3n) is 6.01. The highest BCUT2D eigenvalue weighted by atomic mass is 16.2. The average molecular weight is 378 g/mol. The number of nitrogens with one attached hydrogen (secondary N) is 1. The lowest BCUT2D eigenvalue weighted by Crippen LogP contribution is -2.60. The minimum atomic E-state index is -0.403. The number of nitrogens with two attached hydrogens (primary N) is 1. The summed E-state index contributed by atoms with van der Waals surface area (Å²) in [6.45, 7) is 1.45. The molecule has 0 bridgehead atoms. The van der Waals surface area contributed by atoms with Gasteiger partial charge in [-0.1, -0.05) is 36.4 Å². The second-order valence-electron chi connectivity index (χ2n) is 7.75. The van der Waals surface area contributed by atoms with E-state index in [4.69, 9.17) is 5.73 Å². The summed E-state index contributed by atoms with van der Waals surface area (Å²) in [5.41, 5.74) is 7.39. The van der Waals surface area contributed by atoms with E-state index in [-0.39, 0.29) is 23.8 Å². The van der Waals surface area contributed by atoms with Crippen LogP contribution in [-0.4, -0.2) is 47.4 Å². The average Bonchev–Trinajstić information content (AvgIpc) is 3.50. The smallest absolute Gasteiger partial charge is 0.242 e. The summed E-state index contributed by atoms with van der Waals surface area (Å²) in [5.74, 6) is -0.0792. The molecule has 1 aromatic carbocycles. The van der Waals surface area contributed by atoms with E-state index < -0.39 is 5.41 Å². The number of pyridine rings is 1. The summed E-state index contributed by atoms with van der Waals surface area (Å²) >= 11 is 0. The fraction of sp³-hybridized carbons (Fsp3) is 0.409. The van der Waals surface area contributed by atoms with E-state index in [2.05, 4.69) is 10.3 Å². The van der Waals surface area contributed by atoms with Crippen molar-refractivity contribution in [1.82, 2.24) is 15.2 Å². The Bertz CT molecular complexity index is 797. The molecule has 2 atom stereocenters. The number of hydrogen-bond acceptors (Lipinski definition) is 4. The second kappa shape index (κ2) is 7.72. The van der Waals surface area contributed by atoms with E-state index in [0.29, 0.717) is 26.1 Å². The predicted octanol–water partition coefficient (Wildman–Crippen LogP) is 1.67. The molecule has 1 saturated heterocycles. The Morgan fingerprint density at radius 3 is 2.50 bits per heavy atom. The maximum absolute atomic E-state index is 12.8. The van der Waals surface area contributed by atoms with E-state index in [1.807, 2.05) is 48.5 Å². The molecule has 146 valence electrons. The van der Waals surface area contributed by atoms with Crippen LogP contribution in [0.5, 0.6) is 0 Å². The normalized spacial score (nSPS) is 20.8. The van der Waals surface area contributed by atoms with E-state index >= 15 is 0 Å². The number of carbonyl (C=O) groups excluding carboxylic acids is 2. The van der Waals surface area contributed by atoms with Crippen LogP contribution in [0, 0.1) is 5.41 Å². The highest BCUT2D eigenvalue weighted by Crippen LogP contribution is 2.47. The fourth-order valence-electron chi connectivity index (χ4n) is 3.84. The fourth-order valence-corrected chi connectivity index (χ4v) is 3.84. The highest BCUT2D eigenvalue weighted by molar-refractivity contribution is 5.93. The van der Waals surface area contributed by atoms with Gasteiger partial charge in [0, 0.05) is 37.4 Å². The Kier molecular flexibility index (Phi) is 5.13. The molecular formula is C22H26N4O2. The first kappa shape index (κ1) is 18.6. The van der Waals surface area contributed by atoms with Gasteiger partial charge in [0.05, 0.1) is 5.41 Å². The summed E-state index contributed by atoms with van der Waals surface area (Å²) in [5, 5.41) is 3.05. The maximum Gasteiger partial charge on any atom is 0.242 e. The van der Waals surface area contributed by atoms with E-state index in [1.165, 1.54) is 0 Å². The van der Waals surface area contributed by atoms with Gasteiger partial charge in [-0.25, -0.2) is 0 Å². The zero-order chi connectivity index (χ0) is 19.6. The molecule has 0 spiro atoms. The van der Waals surface area contributed by atoms with Gasteiger partial charge in [0.2, 0.25) is 11.8 Å². The number of amides is 2. The van der Waals surface area contributed by atoms with Gasteiger partial charge in [-0.3, -0.25) is 14.6 Å². The summed E-state index contributed by atoms with van der Waals surface area (Å²) in [6, 6.07) is 15.5. The lowest BCUT2D eigenvalue weighted by molar-refractivity contribution is -0.151. The number of benzene rings is 1. The monoisotopic (exact) mass is 378 g/mol. The zero-order valence-corrected chi connectivity index (χ0v) is 15.9. The Balaban J connectivity index is 1.43. The summed E-state index contributed by atoms with van der Waals surface area (Å²) in [7, 11) is 0. The molecule has 2 fully saturated rings. The number of likely N-dealkylation sites (tertiary alicyclic amines) is 1. The quantitative estimate of drug-likeness (QED) is 0.767. The number of rotatable bonds is 7. The molecule has 2 aromatic rings. The van der Waals surface area contributed by atoms with Gasteiger partial charge in [0.1, 0.15) is 6.04 Å². The second-order valence-corrected chi connectivity index (χ2v) is 7.75. The first-order valence-corrected chi connectivity index (χ1v) is 9.89. The minimum Gasteiger partial charge on any atom is -0.353 e. The molecule has 2 aliphatic rings. The molecule has 1 saturated carbocycles. The minimum absolute atomic E-state index is 0.0330. The zero-order valence-electron chi connectivity index (χ0n) is 15.9. The first-order valence-electron chi connectivity index (χ1n) is 9.89. The molecule has 1 aliphatic heterocycles. The van der Waals surface area contributed by atoms with Crippen LogP contribution in [0.15, 0.2) is 54.7 Å². The summed E-state index contributed by atoms with van der Waals surface area (Å²) < 4.78 is 0. The number of aromatic nitrogens is 1. The molecule has 1 aliphatic carbocycles. The van der Waals surface area contributed by atoms with Crippen molar-refractivity contribution in [3.8, 4) is 0 Å². The van der Waals surface area contributed by atoms with Crippen LogP contribution in [0.4, 0.5) is 0 Å². The van der Waals surface area contributed by atoms with Crippen molar-refractivity contribution < 1.29 is 9.59 Å². The summed E-state index contributed by atoms with van der Waals surface area (Å²) in [6.07, 6.45) is 4.14. The van der Waals surface area contributed by atoms with Gasteiger partial charge < -0.3 is 16.0 Å². The van der Waals surface area contributed by atoms with Crippen LogP contribution in [-0.2, 0) is 9.59 Å². The van der Waals surface area contributed by atoms with Gasteiger partial charge in [-0.2, -0.15) is 0 Å². The van der Waals surface area contributed by atoms with Gasteiger partial charge in [0.25, 0.3) is 0 Å². The molecule has 3 N–H and O–H groups in total. The van der Waals surface area contributed by atoms with Crippen LogP contribution in [0.3, 0.4) is 0 Å². The number of hydrogen-bond donors (Lipinski definition) is 2. The van der Waals surface area contributed by atoms with Crippen molar-refractivity contribution in [2.24, 2.45) is 11.1 Å². The van der Waals surface area contributed by atoms with Gasteiger partial charge >= 0.3 is 0 Å². The Labute approximate surface area is 165 Å². The highest BCUT2D eigenvalue weighted by Gasteiger charge is 2.54. The van der Waals surface area contributed by atoms with Crippen molar-refractivity contribution >= 4 is 11.8 Å². The summed E-state index contributed by atoms with van der Waals surface area (Å²) in [4.78, 5) is 31.7. The van der Waals surface area contributed by atoms with E-state index in [0.717, 1.165) is 24.1 Å². The lowest BCUT2D eigenvalue weighted by Gasteiger charge is -2.41. The predicted molar refractivity (Wildman–Crippen MR) is 106 cm³/mol. The molecule has 6 heteroatoms. The SMILES string of the molecule is NCC1(C(=O)N2CC[C@H]2C(=O)NCC(c2ccccc2)c2ccccn2)CC1. The lowest BCUT2D eigenvalue weighted by atomic mass is 9.93. The third kappa shape index (κ3) is 3.52. The van der Waals surface area contributed by atoms with Gasteiger partial charge in [-0.15, -0.1) is 0 Å². The largest absolute Gasteiger partial charge is 0.353 e. The van der Waals surface area contributed by atoms with Crippen molar-refractivity contribution in [2.45, 2.75) is 31.2 Å². The van der Waals surface area contributed by atoms with Crippen molar-refractivity contribution in [3.05, 3.63) is 66.0 Å². The van der Waals surface area contributed by atoms with E-state index in [9.17, 15) is 9.59 Å². The van der Waals surface area contributed by atoms with Crippen LogP contribution in [0.25, 0.3) is 0 Å². The first-order chi connectivity index (χ1) is 13.6. The molecule has 2 amide bonds. The third-order valence-corrected chi connectivity index (χ3v) is 6.01. The molecule has 2 heterocycles. The van der Waals surface area contributed by atoms with Crippen LogP contribution < -0.4 is 11.1 Å². The molecular weight excluding hydrogens is 352 g/mol. The number of nitrogens with zero attached hydrogens (tertiary/aromatic N) is 2. The van der Waals surface area contributed by atoms with Crippen LogP contribution >= 0.6 is 0 Å². The van der Waals surface area contributed by atoms with Crippen molar-refractivity contribution in [2.75, 3.05) is 19.6 Å². The van der Waals surface area contributed by atoms with Gasteiger partial charge in [-0.05, 0) is 37.0 Å². The Hall–Kier alpha value is -2.73.